The fraction of sp³-hybridized carbons (Fsp3) is 0.316. The molecule has 2 aromatic carbocycles. The second-order valence-electron chi connectivity index (χ2n) is 5.90. The Balaban J connectivity index is 2.18. The first-order valence-electron chi connectivity index (χ1n) is 8.21. The lowest BCUT2D eigenvalue weighted by atomic mass is 10.0. The maximum Gasteiger partial charge on any atom is 0.325 e. The van der Waals surface area contributed by atoms with Crippen LogP contribution in [0.4, 0.5) is 5.69 Å². The second-order valence-corrected chi connectivity index (χ2v) is 6.72. The van der Waals surface area contributed by atoms with Gasteiger partial charge in [-0.2, -0.15) is 0 Å². The summed E-state index contributed by atoms with van der Waals surface area (Å²) in [4.78, 5) is 11.4. The molecular weight excluding hydrogens is 377 g/mol. The van der Waals surface area contributed by atoms with Gasteiger partial charge in [-0.1, -0.05) is 37.0 Å². The Kier molecular flexibility index (Phi) is 7.00. The number of halogens is 2. The minimum Gasteiger partial charge on any atom is -0.508 e. The van der Waals surface area contributed by atoms with Gasteiger partial charge < -0.3 is 19.9 Å². The van der Waals surface area contributed by atoms with Crippen molar-refractivity contribution in [1.29, 1.82) is 0 Å². The van der Waals surface area contributed by atoms with Gasteiger partial charge in [0.05, 0.1) is 16.7 Å². The first kappa shape index (κ1) is 20.2. The SMILES string of the molecule is CCOC(=O)CNc1cc(Cl)c(Oc2ccc(O)c(C(C)C)c2)c(Cl)c1. The number of ether oxygens (including phenoxy) is 2. The predicted octanol–water partition coefficient (Wildman–Crippen LogP) is 5.59. The molecule has 0 saturated heterocycles. The third-order valence-corrected chi connectivity index (χ3v) is 4.14. The number of nitrogens with one attached hydrogen (secondary N) is 1. The van der Waals surface area contributed by atoms with Gasteiger partial charge in [0.1, 0.15) is 18.0 Å². The van der Waals surface area contributed by atoms with E-state index in [2.05, 4.69) is 5.32 Å². The van der Waals surface area contributed by atoms with Crippen LogP contribution < -0.4 is 10.1 Å². The van der Waals surface area contributed by atoms with Crippen molar-refractivity contribution in [1.82, 2.24) is 0 Å². The maximum absolute atomic E-state index is 11.4. The number of aromatic hydroxyl groups is 1. The maximum atomic E-state index is 11.4. The summed E-state index contributed by atoms with van der Waals surface area (Å²) >= 11 is 12.6. The molecule has 0 radical (unpaired) electrons. The van der Waals surface area contributed by atoms with Crippen LogP contribution in [0.15, 0.2) is 30.3 Å². The van der Waals surface area contributed by atoms with Crippen LogP contribution >= 0.6 is 23.2 Å². The molecule has 0 aliphatic rings. The lowest BCUT2D eigenvalue weighted by Gasteiger charge is -2.15. The summed E-state index contributed by atoms with van der Waals surface area (Å²) in [5.74, 6) is 0.797. The molecular formula is C19H21Cl2NO4. The van der Waals surface area contributed by atoms with E-state index in [0.717, 1.165) is 5.56 Å². The molecule has 140 valence electrons. The summed E-state index contributed by atoms with van der Waals surface area (Å²) in [5.41, 5.74) is 1.34. The van der Waals surface area contributed by atoms with Crippen LogP contribution in [0.25, 0.3) is 0 Å². The highest BCUT2D eigenvalue weighted by Crippen LogP contribution is 2.40. The summed E-state index contributed by atoms with van der Waals surface area (Å²) in [6, 6.07) is 8.19. The number of anilines is 1. The van der Waals surface area contributed by atoms with Gasteiger partial charge in [0.15, 0.2) is 5.75 Å². The lowest BCUT2D eigenvalue weighted by molar-refractivity contribution is -0.140. The normalized spacial score (nSPS) is 10.7. The van der Waals surface area contributed by atoms with Crippen LogP contribution in [-0.4, -0.2) is 24.2 Å². The first-order chi connectivity index (χ1) is 12.3. The molecule has 0 atom stereocenters. The zero-order valence-electron chi connectivity index (χ0n) is 14.8. The molecule has 0 aliphatic heterocycles. The monoisotopic (exact) mass is 397 g/mol. The van der Waals surface area contributed by atoms with E-state index in [-0.39, 0.29) is 24.2 Å². The fourth-order valence-corrected chi connectivity index (χ4v) is 2.89. The number of hydrogen-bond acceptors (Lipinski definition) is 5. The second kappa shape index (κ2) is 9.01. The summed E-state index contributed by atoms with van der Waals surface area (Å²) < 4.78 is 10.7. The Morgan fingerprint density at radius 2 is 1.85 bits per heavy atom. The van der Waals surface area contributed by atoms with Gasteiger partial charge >= 0.3 is 5.97 Å². The van der Waals surface area contributed by atoms with Gasteiger partial charge in [-0.3, -0.25) is 4.79 Å². The number of phenols is 1. The number of benzene rings is 2. The standard InChI is InChI=1S/C19H21Cl2NO4/c1-4-25-18(24)10-22-12-7-15(20)19(16(21)8-12)26-13-5-6-17(23)14(9-13)11(2)3/h5-9,11,22-23H,4,10H2,1-3H3. The van der Waals surface area contributed by atoms with Gasteiger partial charge in [-0.25, -0.2) is 0 Å². The molecule has 0 aromatic heterocycles. The first-order valence-corrected chi connectivity index (χ1v) is 8.96. The van der Waals surface area contributed by atoms with Crippen molar-refractivity contribution in [3.05, 3.63) is 45.9 Å². The van der Waals surface area contributed by atoms with E-state index in [4.69, 9.17) is 32.7 Å². The summed E-state index contributed by atoms with van der Waals surface area (Å²) in [6.07, 6.45) is 0. The molecule has 0 heterocycles. The Morgan fingerprint density at radius 3 is 2.42 bits per heavy atom. The van der Waals surface area contributed by atoms with E-state index in [0.29, 0.717) is 33.8 Å². The van der Waals surface area contributed by atoms with E-state index in [1.807, 2.05) is 13.8 Å². The van der Waals surface area contributed by atoms with Gasteiger partial charge in [-0.05, 0) is 43.2 Å². The van der Waals surface area contributed by atoms with E-state index in [9.17, 15) is 9.90 Å². The van der Waals surface area contributed by atoms with Crippen molar-refractivity contribution in [2.45, 2.75) is 26.7 Å². The minimum atomic E-state index is -0.370. The van der Waals surface area contributed by atoms with Gasteiger partial charge in [0.2, 0.25) is 0 Å². The summed E-state index contributed by atoms with van der Waals surface area (Å²) in [7, 11) is 0. The molecule has 2 rings (SSSR count). The molecule has 0 unspecified atom stereocenters. The largest absolute Gasteiger partial charge is 0.508 e. The average molecular weight is 398 g/mol. The molecule has 0 spiro atoms. The Labute approximate surface area is 162 Å². The number of rotatable bonds is 7. The van der Waals surface area contributed by atoms with Crippen molar-refractivity contribution in [3.63, 3.8) is 0 Å². The molecule has 0 aliphatic carbocycles. The highest BCUT2D eigenvalue weighted by Gasteiger charge is 2.14. The fourth-order valence-electron chi connectivity index (χ4n) is 2.32. The Hall–Kier alpha value is -2.11. The zero-order chi connectivity index (χ0) is 19.3. The van der Waals surface area contributed by atoms with Crippen molar-refractivity contribution >= 4 is 34.9 Å². The highest BCUT2D eigenvalue weighted by molar-refractivity contribution is 6.37. The molecule has 2 aromatic rings. The molecule has 7 heteroatoms. The molecule has 0 saturated carbocycles. The van der Waals surface area contributed by atoms with Crippen LogP contribution in [0.5, 0.6) is 17.2 Å². The van der Waals surface area contributed by atoms with E-state index >= 15 is 0 Å². The quantitative estimate of drug-likeness (QED) is 0.595. The minimum absolute atomic E-state index is 0.0103. The molecule has 5 nitrogen and oxygen atoms in total. The number of carbonyl (C=O) groups excluding carboxylic acids is 1. The molecule has 0 amide bonds. The van der Waals surface area contributed by atoms with Gasteiger partial charge in [0.25, 0.3) is 0 Å². The topological polar surface area (TPSA) is 67.8 Å². The van der Waals surface area contributed by atoms with Crippen molar-refractivity contribution in [2.75, 3.05) is 18.5 Å². The summed E-state index contributed by atoms with van der Waals surface area (Å²) in [6.45, 7) is 6.02. The molecule has 0 fully saturated rings. The van der Waals surface area contributed by atoms with E-state index in [1.54, 1.807) is 37.3 Å². The van der Waals surface area contributed by atoms with Crippen molar-refractivity contribution < 1.29 is 19.4 Å². The summed E-state index contributed by atoms with van der Waals surface area (Å²) in [5, 5.41) is 13.4. The van der Waals surface area contributed by atoms with Gasteiger partial charge in [0, 0.05) is 11.3 Å². The predicted molar refractivity (Wildman–Crippen MR) is 104 cm³/mol. The van der Waals surface area contributed by atoms with Crippen LogP contribution in [-0.2, 0) is 9.53 Å². The zero-order valence-corrected chi connectivity index (χ0v) is 16.3. The van der Waals surface area contributed by atoms with Crippen LogP contribution in [0, 0.1) is 0 Å². The third-order valence-electron chi connectivity index (χ3n) is 3.58. The van der Waals surface area contributed by atoms with Gasteiger partial charge in [-0.15, -0.1) is 0 Å². The Bertz CT molecular complexity index is 770. The smallest absolute Gasteiger partial charge is 0.325 e. The van der Waals surface area contributed by atoms with Crippen LogP contribution in [0.1, 0.15) is 32.3 Å². The number of carbonyl (C=O) groups is 1. The molecule has 0 bridgehead atoms. The lowest BCUT2D eigenvalue weighted by Crippen LogP contribution is -2.16. The Morgan fingerprint density at radius 1 is 1.19 bits per heavy atom. The average Bonchev–Trinajstić information content (AvgIpc) is 2.57. The highest BCUT2D eigenvalue weighted by atomic mass is 35.5. The van der Waals surface area contributed by atoms with Crippen molar-refractivity contribution in [3.8, 4) is 17.2 Å². The third kappa shape index (κ3) is 5.19. The molecule has 26 heavy (non-hydrogen) atoms. The van der Waals surface area contributed by atoms with E-state index < -0.39 is 0 Å². The van der Waals surface area contributed by atoms with Crippen LogP contribution in [0.2, 0.25) is 10.0 Å². The number of phenolic OH excluding ortho intramolecular Hbond substituents is 1. The molecule has 2 N–H and O–H groups in total. The van der Waals surface area contributed by atoms with Crippen LogP contribution in [0.3, 0.4) is 0 Å². The number of esters is 1. The van der Waals surface area contributed by atoms with Crippen molar-refractivity contribution in [2.24, 2.45) is 0 Å². The van der Waals surface area contributed by atoms with E-state index in [1.165, 1.54) is 0 Å². The number of hydrogen-bond donors (Lipinski definition) is 2.